The number of fused-ring (bicyclic) bond motifs is 1. The Morgan fingerprint density at radius 3 is 2.76 bits per heavy atom. The van der Waals surface area contributed by atoms with Crippen LogP contribution in [-0.4, -0.2) is 54.5 Å². The van der Waals surface area contributed by atoms with Crippen LogP contribution in [-0.2, 0) is 29.9 Å². The average molecular weight is 335 g/mol. The van der Waals surface area contributed by atoms with Crippen LogP contribution in [0.4, 0.5) is 0 Å². The maximum Gasteiger partial charge on any atom is 0.270 e. The van der Waals surface area contributed by atoms with Gasteiger partial charge in [0.2, 0.25) is 6.29 Å². The van der Waals surface area contributed by atoms with Gasteiger partial charge >= 0.3 is 0 Å². The second kappa shape index (κ2) is 5.37. The van der Waals surface area contributed by atoms with Gasteiger partial charge in [0.25, 0.3) is 10.1 Å². The molecule has 2 aliphatic heterocycles. The molecule has 4 fully saturated rings. The van der Waals surface area contributed by atoms with Gasteiger partial charge in [0.15, 0.2) is 5.75 Å². The Labute approximate surface area is 128 Å². The largest absolute Gasteiger partial charge is 0.364 e. The first kappa shape index (κ1) is 14.8. The summed E-state index contributed by atoms with van der Waals surface area (Å²) >= 11 is 0. The Morgan fingerprint density at radius 2 is 2.00 bits per heavy atom. The molecule has 0 aromatic rings. The van der Waals surface area contributed by atoms with Crippen molar-refractivity contribution < 1.29 is 22.4 Å². The van der Waals surface area contributed by atoms with Crippen LogP contribution >= 0.6 is 0 Å². The van der Waals surface area contributed by atoms with Crippen molar-refractivity contribution in [1.29, 1.82) is 0 Å². The first-order valence-electron chi connectivity index (χ1n) is 7.94. The lowest BCUT2D eigenvalue weighted by Crippen LogP contribution is -2.40. The van der Waals surface area contributed by atoms with Crippen molar-refractivity contribution in [1.82, 2.24) is 0 Å². The monoisotopic (exact) mass is 335 g/mol. The van der Waals surface area contributed by atoms with E-state index in [4.69, 9.17) is 8.92 Å². The van der Waals surface area contributed by atoms with E-state index in [1.165, 1.54) is 30.8 Å². The number of aliphatic hydroxyl groups excluding tert-OH is 1. The predicted octanol–water partition coefficient (Wildman–Crippen LogP) is 0.629. The van der Waals surface area contributed by atoms with E-state index in [0.717, 1.165) is 6.42 Å². The van der Waals surface area contributed by atoms with Crippen LogP contribution < -0.4 is 0 Å². The summed E-state index contributed by atoms with van der Waals surface area (Å²) < 4.78 is 34.9. The lowest BCUT2D eigenvalue weighted by Gasteiger charge is -2.27. The molecule has 2 aliphatic carbocycles. The molecule has 7 heteroatoms. The van der Waals surface area contributed by atoms with Crippen LogP contribution in [0.5, 0.6) is 0 Å². The third kappa shape index (κ3) is 2.55. The van der Waals surface area contributed by atoms with Crippen LogP contribution in [0.15, 0.2) is 0 Å². The summed E-state index contributed by atoms with van der Waals surface area (Å²) in [6.45, 7) is 0. The van der Waals surface area contributed by atoms with Gasteiger partial charge in [-0.05, 0) is 48.9 Å². The van der Waals surface area contributed by atoms with E-state index in [1.807, 2.05) is 0 Å². The first-order chi connectivity index (χ1) is 10.0. The SMILES string of the molecule is O=S1(=O)OC2C3CC(CC31)C2OC(O)C[S+]1CCCCC1. The van der Waals surface area contributed by atoms with Gasteiger partial charge in [0.05, 0.1) is 11.4 Å². The van der Waals surface area contributed by atoms with Gasteiger partial charge in [-0.15, -0.1) is 0 Å². The third-order valence-corrected chi connectivity index (χ3v) is 9.74. The summed E-state index contributed by atoms with van der Waals surface area (Å²) in [5.74, 6) is 3.44. The third-order valence-electron chi connectivity index (χ3n) is 5.47. The summed E-state index contributed by atoms with van der Waals surface area (Å²) in [6.07, 6.45) is 4.01. The van der Waals surface area contributed by atoms with E-state index in [2.05, 4.69) is 0 Å². The molecular formula is C14H23O5S2+. The Balaban J connectivity index is 1.37. The molecule has 6 unspecified atom stereocenters. The predicted molar refractivity (Wildman–Crippen MR) is 80.5 cm³/mol. The Kier molecular flexibility index (Phi) is 3.77. The van der Waals surface area contributed by atoms with Gasteiger partial charge in [-0.3, -0.25) is 4.18 Å². The smallest absolute Gasteiger partial charge is 0.270 e. The topological polar surface area (TPSA) is 72.8 Å². The molecule has 6 atom stereocenters. The quantitative estimate of drug-likeness (QED) is 0.463. The molecule has 5 nitrogen and oxygen atoms in total. The fraction of sp³-hybridized carbons (Fsp3) is 1.00. The maximum atomic E-state index is 11.9. The highest BCUT2D eigenvalue weighted by molar-refractivity contribution is 7.96. The number of aliphatic hydroxyl groups is 1. The zero-order valence-corrected chi connectivity index (χ0v) is 13.7. The maximum absolute atomic E-state index is 11.9. The molecule has 4 rings (SSSR count). The van der Waals surface area contributed by atoms with Crippen LogP contribution in [0.3, 0.4) is 0 Å². The van der Waals surface area contributed by atoms with Crippen molar-refractivity contribution in [3.05, 3.63) is 0 Å². The number of hydrogen-bond donors (Lipinski definition) is 1. The molecule has 120 valence electrons. The molecule has 0 aromatic heterocycles. The van der Waals surface area contributed by atoms with Gasteiger partial charge in [-0.25, -0.2) is 0 Å². The van der Waals surface area contributed by atoms with Gasteiger partial charge in [-0.2, -0.15) is 8.42 Å². The molecule has 2 saturated heterocycles. The van der Waals surface area contributed by atoms with Crippen molar-refractivity contribution in [2.75, 3.05) is 17.3 Å². The van der Waals surface area contributed by atoms with Crippen molar-refractivity contribution in [3.8, 4) is 0 Å². The van der Waals surface area contributed by atoms with Crippen molar-refractivity contribution in [2.24, 2.45) is 11.8 Å². The normalized spacial score (nSPS) is 46.0. The van der Waals surface area contributed by atoms with Crippen molar-refractivity contribution >= 4 is 21.0 Å². The minimum absolute atomic E-state index is 0.0920. The van der Waals surface area contributed by atoms with E-state index in [0.29, 0.717) is 12.2 Å². The number of ether oxygens (including phenoxy) is 1. The molecule has 0 spiro atoms. The molecule has 2 heterocycles. The van der Waals surface area contributed by atoms with E-state index >= 15 is 0 Å². The minimum Gasteiger partial charge on any atom is -0.364 e. The zero-order chi connectivity index (χ0) is 14.6. The summed E-state index contributed by atoms with van der Waals surface area (Å²) in [6, 6.07) is 0. The second-order valence-electron chi connectivity index (χ2n) is 6.79. The van der Waals surface area contributed by atoms with Gasteiger partial charge in [0.1, 0.15) is 17.6 Å². The van der Waals surface area contributed by atoms with E-state index in [1.54, 1.807) is 0 Å². The zero-order valence-electron chi connectivity index (χ0n) is 12.0. The van der Waals surface area contributed by atoms with Crippen LogP contribution in [0.1, 0.15) is 32.1 Å². The molecule has 21 heavy (non-hydrogen) atoms. The molecule has 2 bridgehead atoms. The Bertz CT molecular complexity index is 501. The number of hydrogen-bond acceptors (Lipinski definition) is 5. The fourth-order valence-corrected chi connectivity index (χ4v) is 8.68. The lowest BCUT2D eigenvalue weighted by atomic mass is 9.94. The highest BCUT2D eigenvalue weighted by atomic mass is 32.2. The van der Waals surface area contributed by atoms with Gasteiger partial charge in [0, 0.05) is 5.92 Å². The lowest BCUT2D eigenvalue weighted by molar-refractivity contribution is -0.156. The molecule has 0 amide bonds. The molecule has 0 aromatic carbocycles. The minimum atomic E-state index is -3.39. The molecule has 0 radical (unpaired) electrons. The highest BCUT2D eigenvalue weighted by Crippen LogP contribution is 2.55. The van der Waals surface area contributed by atoms with Crippen LogP contribution in [0.2, 0.25) is 0 Å². The molecule has 2 saturated carbocycles. The molecule has 1 N–H and O–H groups in total. The van der Waals surface area contributed by atoms with E-state index in [-0.39, 0.29) is 40.2 Å². The van der Waals surface area contributed by atoms with Crippen molar-refractivity contribution in [2.45, 2.75) is 55.9 Å². The number of rotatable bonds is 4. The van der Waals surface area contributed by atoms with Crippen molar-refractivity contribution in [3.63, 3.8) is 0 Å². The van der Waals surface area contributed by atoms with Gasteiger partial charge < -0.3 is 9.84 Å². The Morgan fingerprint density at radius 1 is 1.24 bits per heavy atom. The van der Waals surface area contributed by atoms with Gasteiger partial charge in [-0.1, -0.05) is 0 Å². The average Bonchev–Trinajstić information content (AvgIpc) is 3.04. The van der Waals surface area contributed by atoms with E-state index < -0.39 is 16.4 Å². The highest BCUT2D eigenvalue weighted by Gasteiger charge is 2.64. The van der Waals surface area contributed by atoms with Crippen LogP contribution in [0, 0.1) is 11.8 Å². The summed E-state index contributed by atoms with van der Waals surface area (Å²) in [5.41, 5.74) is 0. The van der Waals surface area contributed by atoms with E-state index in [9.17, 15) is 13.5 Å². The second-order valence-corrected chi connectivity index (χ2v) is 10.9. The summed E-state index contributed by atoms with van der Waals surface area (Å²) in [4.78, 5) is 0. The fourth-order valence-electron chi connectivity index (χ4n) is 4.55. The summed E-state index contributed by atoms with van der Waals surface area (Å²) in [5, 5.41) is 9.91. The Hall–Kier alpha value is 0.180. The van der Waals surface area contributed by atoms with Crippen LogP contribution in [0.25, 0.3) is 0 Å². The standard InChI is InChI=1S/C14H23O5S2/c15-12(8-20-4-2-1-3-5-20)18-13-9-6-10-11(7-9)21(16,17)19-14(10)13/h9-15H,1-8H2/q+1. The molecule has 4 aliphatic rings. The first-order valence-corrected chi connectivity index (χ1v) is 11.1. The summed E-state index contributed by atoms with van der Waals surface area (Å²) in [7, 11) is -3.12. The molecular weight excluding hydrogens is 312 g/mol.